The maximum Gasteiger partial charge on any atom is 0.252 e. The fourth-order valence-electron chi connectivity index (χ4n) is 1.32. The lowest BCUT2D eigenvalue weighted by Crippen LogP contribution is -2.10. The fourth-order valence-corrected chi connectivity index (χ4v) is 1.32. The molecule has 0 saturated carbocycles. The van der Waals surface area contributed by atoms with Crippen molar-refractivity contribution < 1.29 is 0 Å². The molecule has 15 heavy (non-hydrogen) atoms. The molecule has 1 heterocycles. The molecule has 0 atom stereocenters. The van der Waals surface area contributed by atoms with E-state index >= 15 is 0 Å². The first-order chi connectivity index (χ1) is 7.15. The Labute approximate surface area is 85.8 Å². The Bertz CT molecular complexity index is 547. The highest BCUT2D eigenvalue weighted by atomic mass is 16.1. The number of nitrogen functional groups attached to an aromatic ring is 2. The number of aromatic amines is 1. The normalized spacial score (nSPS) is 10.1. The average molecular weight is 202 g/mol. The molecule has 5 heteroatoms. The van der Waals surface area contributed by atoms with E-state index < -0.39 is 0 Å². The van der Waals surface area contributed by atoms with E-state index in [1.807, 2.05) is 6.07 Å². The Morgan fingerprint density at radius 3 is 2.67 bits per heavy atom. The first-order valence-electron chi connectivity index (χ1n) is 4.38. The summed E-state index contributed by atoms with van der Waals surface area (Å²) in [5, 5.41) is 0. The Hall–Kier alpha value is -2.30. The van der Waals surface area contributed by atoms with Crippen LogP contribution in [-0.4, -0.2) is 9.97 Å². The minimum Gasteiger partial charge on any atom is -0.399 e. The van der Waals surface area contributed by atoms with Crippen LogP contribution < -0.4 is 17.0 Å². The van der Waals surface area contributed by atoms with Gasteiger partial charge < -0.3 is 11.5 Å². The van der Waals surface area contributed by atoms with Gasteiger partial charge in [0.2, 0.25) is 5.95 Å². The van der Waals surface area contributed by atoms with Gasteiger partial charge in [0.15, 0.2) is 0 Å². The Kier molecular flexibility index (Phi) is 2.13. The van der Waals surface area contributed by atoms with E-state index in [0.717, 1.165) is 5.56 Å². The maximum atomic E-state index is 11.2. The highest BCUT2D eigenvalue weighted by Crippen LogP contribution is 2.17. The van der Waals surface area contributed by atoms with Crippen molar-refractivity contribution in [2.24, 2.45) is 0 Å². The summed E-state index contributed by atoms with van der Waals surface area (Å²) in [5.74, 6) is 0.0972. The van der Waals surface area contributed by atoms with Crippen LogP contribution in [-0.2, 0) is 0 Å². The average Bonchev–Trinajstić information content (AvgIpc) is 2.16. The van der Waals surface area contributed by atoms with Crippen molar-refractivity contribution in [3.63, 3.8) is 0 Å². The van der Waals surface area contributed by atoms with Crippen molar-refractivity contribution in [1.29, 1.82) is 0 Å². The number of aromatic nitrogens is 2. The molecule has 2 aromatic rings. The topological polar surface area (TPSA) is 97.8 Å². The van der Waals surface area contributed by atoms with E-state index in [2.05, 4.69) is 9.97 Å². The molecule has 0 saturated heterocycles. The summed E-state index contributed by atoms with van der Waals surface area (Å²) >= 11 is 0. The number of nitrogens with one attached hydrogen (secondary N) is 1. The second-order valence-corrected chi connectivity index (χ2v) is 3.14. The summed E-state index contributed by atoms with van der Waals surface area (Å²) in [5.41, 5.74) is 12.7. The molecule has 0 fully saturated rings. The molecule has 1 aromatic heterocycles. The summed E-state index contributed by atoms with van der Waals surface area (Å²) in [4.78, 5) is 17.5. The predicted octanol–water partition coefficient (Wildman–Crippen LogP) is 0.601. The van der Waals surface area contributed by atoms with E-state index in [-0.39, 0.29) is 11.5 Å². The molecule has 5 N–H and O–H groups in total. The maximum absolute atomic E-state index is 11.2. The van der Waals surface area contributed by atoms with Crippen LogP contribution in [0.2, 0.25) is 0 Å². The molecule has 0 spiro atoms. The Morgan fingerprint density at radius 2 is 2.00 bits per heavy atom. The van der Waals surface area contributed by atoms with Crippen LogP contribution in [0, 0.1) is 0 Å². The molecular formula is C10H10N4O. The quantitative estimate of drug-likeness (QED) is 0.590. The van der Waals surface area contributed by atoms with Crippen molar-refractivity contribution in [3.8, 4) is 11.3 Å². The number of nitrogens with zero attached hydrogens (tertiary/aromatic N) is 1. The van der Waals surface area contributed by atoms with Crippen LogP contribution in [0.15, 0.2) is 35.1 Å². The molecule has 5 nitrogen and oxygen atoms in total. The molecule has 2 rings (SSSR count). The molecule has 1 aromatic carbocycles. The van der Waals surface area contributed by atoms with Crippen molar-refractivity contribution >= 4 is 11.6 Å². The summed E-state index contributed by atoms with van der Waals surface area (Å²) in [6, 6.07) is 8.49. The third-order valence-corrected chi connectivity index (χ3v) is 1.94. The van der Waals surface area contributed by atoms with Gasteiger partial charge in [0.05, 0.1) is 5.69 Å². The monoisotopic (exact) mass is 202 g/mol. The second-order valence-electron chi connectivity index (χ2n) is 3.14. The lowest BCUT2D eigenvalue weighted by atomic mass is 10.1. The molecule has 0 unspecified atom stereocenters. The zero-order chi connectivity index (χ0) is 10.8. The zero-order valence-corrected chi connectivity index (χ0v) is 7.90. The van der Waals surface area contributed by atoms with Gasteiger partial charge in [-0.05, 0) is 12.1 Å². The number of rotatable bonds is 1. The van der Waals surface area contributed by atoms with Gasteiger partial charge in [-0.2, -0.15) is 0 Å². The van der Waals surface area contributed by atoms with Crippen LogP contribution in [0.5, 0.6) is 0 Å². The van der Waals surface area contributed by atoms with Crippen molar-refractivity contribution in [3.05, 3.63) is 40.7 Å². The summed E-state index contributed by atoms with van der Waals surface area (Å²) in [6.45, 7) is 0. The van der Waals surface area contributed by atoms with E-state index in [0.29, 0.717) is 11.4 Å². The van der Waals surface area contributed by atoms with E-state index in [1.165, 1.54) is 6.07 Å². The third-order valence-electron chi connectivity index (χ3n) is 1.94. The molecule has 0 radical (unpaired) electrons. The van der Waals surface area contributed by atoms with Gasteiger partial charge in [-0.25, -0.2) is 4.98 Å². The molecule has 0 aliphatic carbocycles. The number of nitrogens with two attached hydrogens (primary N) is 2. The molecular weight excluding hydrogens is 192 g/mol. The lowest BCUT2D eigenvalue weighted by molar-refractivity contribution is 1.14. The fraction of sp³-hybridized carbons (Fsp3) is 0. The van der Waals surface area contributed by atoms with Crippen LogP contribution in [0.4, 0.5) is 11.6 Å². The third kappa shape index (κ3) is 1.96. The largest absolute Gasteiger partial charge is 0.399 e. The Morgan fingerprint density at radius 1 is 1.20 bits per heavy atom. The second kappa shape index (κ2) is 3.45. The number of hydrogen-bond acceptors (Lipinski definition) is 4. The van der Waals surface area contributed by atoms with Crippen LogP contribution in [0.1, 0.15) is 0 Å². The van der Waals surface area contributed by atoms with Crippen LogP contribution in [0.25, 0.3) is 11.3 Å². The molecule has 0 aliphatic rings. The van der Waals surface area contributed by atoms with Gasteiger partial charge >= 0.3 is 0 Å². The Balaban J connectivity index is 2.59. The number of H-pyrrole nitrogens is 1. The van der Waals surface area contributed by atoms with Crippen molar-refractivity contribution in [1.82, 2.24) is 9.97 Å². The van der Waals surface area contributed by atoms with E-state index in [4.69, 9.17) is 11.5 Å². The van der Waals surface area contributed by atoms with Crippen molar-refractivity contribution in [2.45, 2.75) is 0 Å². The van der Waals surface area contributed by atoms with Gasteiger partial charge in [0.1, 0.15) is 0 Å². The number of anilines is 2. The van der Waals surface area contributed by atoms with Crippen molar-refractivity contribution in [2.75, 3.05) is 11.5 Å². The standard InChI is InChI=1S/C10H10N4O/c11-7-3-1-2-6(4-7)8-5-9(15)14-10(12)13-8/h1-5H,11H2,(H3,12,13,14,15). The van der Waals surface area contributed by atoms with Crippen LogP contribution >= 0.6 is 0 Å². The van der Waals surface area contributed by atoms with Gasteiger partial charge in [0.25, 0.3) is 5.56 Å². The highest BCUT2D eigenvalue weighted by Gasteiger charge is 2.01. The zero-order valence-electron chi connectivity index (χ0n) is 7.90. The summed E-state index contributed by atoms with van der Waals surface area (Å²) < 4.78 is 0. The van der Waals surface area contributed by atoms with Gasteiger partial charge in [0, 0.05) is 17.3 Å². The molecule has 0 aliphatic heterocycles. The van der Waals surface area contributed by atoms with Gasteiger partial charge in [-0.3, -0.25) is 9.78 Å². The number of hydrogen-bond donors (Lipinski definition) is 3. The smallest absolute Gasteiger partial charge is 0.252 e. The van der Waals surface area contributed by atoms with Gasteiger partial charge in [-0.1, -0.05) is 12.1 Å². The SMILES string of the molecule is Nc1cccc(-c2cc(=O)[nH]c(N)n2)c1. The highest BCUT2D eigenvalue weighted by molar-refractivity contribution is 5.64. The summed E-state index contributed by atoms with van der Waals surface area (Å²) in [7, 11) is 0. The summed E-state index contributed by atoms with van der Waals surface area (Å²) in [6.07, 6.45) is 0. The number of benzene rings is 1. The first kappa shape index (κ1) is 9.26. The van der Waals surface area contributed by atoms with Crippen LogP contribution in [0.3, 0.4) is 0 Å². The molecule has 0 amide bonds. The molecule has 0 bridgehead atoms. The molecule has 76 valence electrons. The first-order valence-corrected chi connectivity index (χ1v) is 4.38. The van der Waals surface area contributed by atoms with Gasteiger partial charge in [-0.15, -0.1) is 0 Å². The lowest BCUT2D eigenvalue weighted by Gasteiger charge is -2.01. The minimum atomic E-state index is -0.278. The predicted molar refractivity (Wildman–Crippen MR) is 59.1 cm³/mol. The van der Waals surface area contributed by atoms with E-state index in [9.17, 15) is 4.79 Å². The van der Waals surface area contributed by atoms with E-state index in [1.54, 1.807) is 18.2 Å². The minimum absolute atomic E-state index is 0.0972.